The molecular formula is C15H17ClN4O2. The minimum absolute atomic E-state index is 0. The first-order chi connectivity index (χ1) is 10.2. The quantitative estimate of drug-likeness (QED) is 0.794. The number of fused-ring (bicyclic) bond motifs is 1. The summed E-state index contributed by atoms with van der Waals surface area (Å²) >= 11 is 0. The van der Waals surface area contributed by atoms with Gasteiger partial charge in [0.05, 0.1) is 5.54 Å². The summed E-state index contributed by atoms with van der Waals surface area (Å²) in [6.07, 6.45) is 4.22. The van der Waals surface area contributed by atoms with Crippen molar-refractivity contribution in [3.8, 4) is 0 Å². The van der Waals surface area contributed by atoms with E-state index < -0.39 is 0 Å². The smallest absolute Gasteiger partial charge is 0.227 e. The minimum Gasteiger partial charge on any atom is -0.441 e. The highest BCUT2D eigenvalue weighted by molar-refractivity contribution is 5.85. The first kappa shape index (κ1) is 15.0. The summed E-state index contributed by atoms with van der Waals surface area (Å²) < 4.78 is 10.9. The number of hydrogen-bond acceptors (Lipinski definition) is 6. The molecule has 0 unspecified atom stereocenters. The summed E-state index contributed by atoms with van der Waals surface area (Å²) in [5.41, 5.74) is 7.47. The van der Waals surface area contributed by atoms with Crippen LogP contribution in [-0.4, -0.2) is 15.1 Å². The highest BCUT2D eigenvalue weighted by Gasteiger charge is 2.38. The van der Waals surface area contributed by atoms with Crippen molar-refractivity contribution in [1.82, 2.24) is 15.1 Å². The summed E-state index contributed by atoms with van der Waals surface area (Å²) in [6.45, 7) is 0. The van der Waals surface area contributed by atoms with Gasteiger partial charge in [-0.25, -0.2) is 4.98 Å². The lowest BCUT2D eigenvalue weighted by molar-refractivity contribution is 0.229. The molecule has 7 heteroatoms. The highest BCUT2D eigenvalue weighted by atomic mass is 35.5. The van der Waals surface area contributed by atoms with Crippen LogP contribution in [0.1, 0.15) is 36.9 Å². The summed E-state index contributed by atoms with van der Waals surface area (Å²) in [5, 5.41) is 4.00. The van der Waals surface area contributed by atoms with Crippen LogP contribution in [-0.2, 0) is 18.4 Å². The van der Waals surface area contributed by atoms with Crippen LogP contribution in [0.5, 0.6) is 0 Å². The molecule has 0 bridgehead atoms. The van der Waals surface area contributed by atoms with Gasteiger partial charge >= 0.3 is 0 Å². The van der Waals surface area contributed by atoms with E-state index in [0.717, 1.165) is 30.4 Å². The fourth-order valence-corrected chi connectivity index (χ4v) is 2.58. The molecule has 3 aromatic rings. The summed E-state index contributed by atoms with van der Waals surface area (Å²) in [5.74, 6) is 1.90. The van der Waals surface area contributed by atoms with Crippen LogP contribution in [0.2, 0.25) is 0 Å². The Balaban J connectivity index is 0.00000144. The van der Waals surface area contributed by atoms with Gasteiger partial charge in [0.25, 0.3) is 0 Å². The Kier molecular flexibility index (Phi) is 3.88. The van der Waals surface area contributed by atoms with Crippen LogP contribution in [0.25, 0.3) is 11.1 Å². The number of para-hydroxylation sites is 2. The molecule has 1 aromatic carbocycles. The Labute approximate surface area is 133 Å². The van der Waals surface area contributed by atoms with Gasteiger partial charge in [-0.3, -0.25) is 0 Å². The third kappa shape index (κ3) is 2.60. The number of rotatable bonds is 4. The van der Waals surface area contributed by atoms with Crippen molar-refractivity contribution in [3.63, 3.8) is 0 Å². The molecule has 22 heavy (non-hydrogen) atoms. The third-order valence-corrected chi connectivity index (χ3v) is 4.05. The standard InChI is InChI=1S/C15H16N4O2.ClH/c16-15(8-3-9-15)14-18-13(21-19-14)7-6-12-17-10-4-1-2-5-11(10)20-12;/h1-2,4-5H,3,6-9,16H2;1H. The van der Waals surface area contributed by atoms with Crippen LogP contribution in [0.4, 0.5) is 0 Å². The van der Waals surface area contributed by atoms with Crippen molar-refractivity contribution in [2.45, 2.75) is 37.6 Å². The molecule has 1 aliphatic carbocycles. The molecule has 6 nitrogen and oxygen atoms in total. The maximum Gasteiger partial charge on any atom is 0.227 e. The van der Waals surface area contributed by atoms with Crippen LogP contribution in [0.3, 0.4) is 0 Å². The van der Waals surface area contributed by atoms with Crippen molar-refractivity contribution in [2.24, 2.45) is 5.73 Å². The SMILES string of the molecule is Cl.NC1(c2noc(CCc3nc4ccccc4o3)n2)CCC1. The fraction of sp³-hybridized carbons (Fsp3) is 0.400. The van der Waals surface area contributed by atoms with E-state index in [1.165, 1.54) is 0 Å². The molecule has 2 N–H and O–H groups in total. The molecule has 4 rings (SSSR count). The molecule has 0 amide bonds. The largest absolute Gasteiger partial charge is 0.441 e. The molecule has 1 fully saturated rings. The van der Waals surface area contributed by atoms with Gasteiger partial charge in [-0.15, -0.1) is 12.4 Å². The van der Waals surface area contributed by atoms with Crippen LogP contribution in [0.15, 0.2) is 33.2 Å². The molecule has 1 saturated carbocycles. The topological polar surface area (TPSA) is 91.0 Å². The van der Waals surface area contributed by atoms with Gasteiger partial charge in [0.15, 0.2) is 17.3 Å². The first-order valence-corrected chi connectivity index (χ1v) is 7.19. The zero-order valence-electron chi connectivity index (χ0n) is 12.0. The highest BCUT2D eigenvalue weighted by Crippen LogP contribution is 2.36. The van der Waals surface area contributed by atoms with E-state index in [-0.39, 0.29) is 17.9 Å². The molecule has 0 aliphatic heterocycles. The molecule has 0 radical (unpaired) electrons. The monoisotopic (exact) mass is 320 g/mol. The second-order valence-electron chi connectivity index (χ2n) is 5.60. The zero-order valence-corrected chi connectivity index (χ0v) is 12.8. The summed E-state index contributed by atoms with van der Waals surface area (Å²) in [6, 6.07) is 7.71. The van der Waals surface area contributed by atoms with Crippen molar-refractivity contribution in [1.29, 1.82) is 0 Å². The third-order valence-electron chi connectivity index (χ3n) is 4.05. The van der Waals surface area contributed by atoms with Crippen LogP contribution >= 0.6 is 12.4 Å². The Hall–Kier alpha value is -1.92. The van der Waals surface area contributed by atoms with Gasteiger partial charge < -0.3 is 14.7 Å². The molecule has 2 heterocycles. The van der Waals surface area contributed by atoms with Gasteiger partial charge in [-0.05, 0) is 31.4 Å². The molecule has 0 saturated heterocycles. The molecule has 1 aliphatic rings. The Morgan fingerprint density at radius 3 is 2.59 bits per heavy atom. The number of oxazole rings is 1. The number of aromatic nitrogens is 3. The Morgan fingerprint density at radius 2 is 1.86 bits per heavy atom. The lowest BCUT2D eigenvalue weighted by Gasteiger charge is -2.34. The number of nitrogens with two attached hydrogens (primary N) is 1. The Morgan fingerprint density at radius 1 is 1.09 bits per heavy atom. The van der Waals surface area contributed by atoms with Gasteiger partial charge in [0.1, 0.15) is 5.52 Å². The number of hydrogen-bond donors (Lipinski definition) is 1. The maximum absolute atomic E-state index is 6.18. The van der Waals surface area contributed by atoms with Gasteiger partial charge in [-0.1, -0.05) is 17.3 Å². The second kappa shape index (κ2) is 5.70. The molecule has 0 atom stereocenters. The van der Waals surface area contributed by atoms with Crippen molar-refractivity contribution < 1.29 is 8.94 Å². The first-order valence-electron chi connectivity index (χ1n) is 7.19. The number of aryl methyl sites for hydroxylation is 2. The minimum atomic E-state index is -0.376. The summed E-state index contributed by atoms with van der Waals surface area (Å²) in [7, 11) is 0. The van der Waals surface area contributed by atoms with E-state index in [2.05, 4.69) is 15.1 Å². The van der Waals surface area contributed by atoms with Gasteiger partial charge in [0.2, 0.25) is 5.89 Å². The summed E-state index contributed by atoms with van der Waals surface area (Å²) in [4.78, 5) is 8.83. The Bertz CT molecular complexity index is 746. The van der Waals surface area contributed by atoms with Crippen LogP contribution < -0.4 is 5.73 Å². The lowest BCUT2D eigenvalue weighted by Crippen LogP contribution is -2.44. The number of halogens is 1. The average Bonchev–Trinajstić information content (AvgIpc) is 3.09. The molecular weight excluding hydrogens is 304 g/mol. The predicted octanol–water partition coefficient (Wildman–Crippen LogP) is 2.76. The van der Waals surface area contributed by atoms with E-state index in [0.29, 0.717) is 30.4 Å². The van der Waals surface area contributed by atoms with Gasteiger partial charge in [0, 0.05) is 12.8 Å². The van der Waals surface area contributed by atoms with E-state index in [9.17, 15) is 0 Å². The lowest BCUT2D eigenvalue weighted by atomic mass is 9.77. The predicted molar refractivity (Wildman–Crippen MR) is 82.7 cm³/mol. The van der Waals surface area contributed by atoms with Crippen molar-refractivity contribution in [3.05, 3.63) is 41.9 Å². The van der Waals surface area contributed by atoms with E-state index in [4.69, 9.17) is 14.7 Å². The maximum atomic E-state index is 6.18. The number of benzene rings is 1. The van der Waals surface area contributed by atoms with Gasteiger partial charge in [-0.2, -0.15) is 4.98 Å². The van der Waals surface area contributed by atoms with E-state index in [1.807, 2.05) is 24.3 Å². The fourth-order valence-electron chi connectivity index (χ4n) is 2.58. The van der Waals surface area contributed by atoms with E-state index in [1.54, 1.807) is 0 Å². The number of nitrogens with zero attached hydrogens (tertiary/aromatic N) is 3. The zero-order chi connectivity index (χ0) is 14.3. The average molecular weight is 321 g/mol. The van der Waals surface area contributed by atoms with Crippen molar-refractivity contribution in [2.75, 3.05) is 0 Å². The van der Waals surface area contributed by atoms with E-state index >= 15 is 0 Å². The molecule has 116 valence electrons. The second-order valence-corrected chi connectivity index (χ2v) is 5.60. The molecule has 2 aromatic heterocycles. The normalized spacial score (nSPS) is 16.2. The van der Waals surface area contributed by atoms with Crippen molar-refractivity contribution >= 4 is 23.5 Å². The molecule has 0 spiro atoms. The van der Waals surface area contributed by atoms with Crippen LogP contribution in [0, 0.1) is 0 Å².